The van der Waals surface area contributed by atoms with Crippen molar-refractivity contribution >= 4 is 35.7 Å². The maximum atomic E-state index is 2.65. The van der Waals surface area contributed by atoms with Crippen LogP contribution in [0.1, 0.15) is 135 Å². The zero-order valence-corrected chi connectivity index (χ0v) is 23.1. The van der Waals surface area contributed by atoms with Gasteiger partial charge in [0.25, 0.3) is 0 Å². The predicted octanol–water partition coefficient (Wildman–Crippen LogP) is 9.48. The molecule has 29 heavy (non-hydrogen) atoms. The van der Waals surface area contributed by atoms with Gasteiger partial charge in [-0.2, -0.15) is 11.8 Å². The molecule has 1 fully saturated rings. The Kier molecular flexibility index (Phi) is 26.2. The van der Waals surface area contributed by atoms with Gasteiger partial charge < -0.3 is 4.90 Å². The fourth-order valence-corrected chi connectivity index (χ4v) is 5.42. The fraction of sp³-hybridized carbons (Fsp3) is 1.00. The minimum absolute atomic E-state index is 0. The van der Waals surface area contributed by atoms with Crippen LogP contribution in [0.5, 0.6) is 0 Å². The number of unbranched alkanes of at least 4 members (excludes halogenated alkanes) is 16. The van der Waals surface area contributed by atoms with Crippen molar-refractivity contribution in [3.8, 4) is 0 Å². The lowest BCUT2D eigenvalue weighted by Crippen LogP contribution is -2.20. The minimum atomic E-state index is 0. The second-order valence-electron chi connectivity index (χ2n) is 9.17. The van der Waals surface area contributed by atoms with E-state index in [1.165, 1.54) is 160 Å². The summed E-state index contributed by atoms with van der Waals surface area (Å²) in [6, 6.07) is 0. The third-order valence-electron chi connectivity index (χ3n) is 6.35. The molecular weight excluding hydrogens is 485 g/mol. The maximum absolute atomic E-state index is 2.65. The Hall–Kier alpha value is 1.04. The van der Waals surface area contributed by atoms with Gasteiger partial charge in [-0.1, -0.05) is 103 Å². The van der Waals surface area contributed by atoms with Crippen LogP contribution in [0, 0.1) is 0 Å². The number of likely N-dealkylation sites (tertiary alicyclic amines) is 1. The third-order valence-corrected chi connectivity index (χ3v) is 7.51. The summed E-state index contributed by atoms with van der Waals surface area (Å²) in [5.41, 5.74) is 0. The van der Waals surface area contributed by atoms with Crippen LogP contribution >= 0.6 is 35.7 Å². The van der Waals surface area contributed by atoms with Gasteiger partial charge in [0.05, 0.1) is 0 Å². The summed E-state index contributed by atoms with van der Waals surface area (Å²) < 4.78 is 0. The first-order valence-corrected chi connectivity index (χ1v) is 14.4. The topological polar surface area (TPSA) is 3.24 Å². The molecule has 0 aromatic rings. The molecule has 3 heteroatoms. The Labute approximate surface area is 206 Å². The van der Waals surface area contributed by atoms with Gasteiger partial charge in [-0.05, 0) is 63.2 Å². The molecule has 0 aromatic heterocycles. The maximum Gasteiger partial charge on any atom is -0.00183 e. The van der Waals surface area contributed by atoms with Gasteiger partial charge >= 0.3 is 0 Å². The zero-order chi connectivity index (χ0) is 20.0. The van der Waals surface area contributed by atoms with Crippen molar-refractivity contribution < 1.29 is 0 Å². The number of rotatable bonds is 22. The van der Waals surface area contributed by atoms with Crippen LogP contribution in [-0.4, -0.2) is 36.0 Å². The number of nitrogens with zero attached hydrogens (tertiary/aromatic N) is 1. The smallest absolute Gasteiger partial charge is 0.00183 e. The molecule has 0 spiro atoms. The SMILES string of the molecule is CCCCCCCCCCCCCCCCCCSCCCCN1CCCC1.I. The van der Waals surface area contributed by atoms with E-state index in [2.05, 4.69) is 23.6 Å². The van der Waals surface area contributed by atoms with Crippen molar-refractivity contribution in [2.45, 2.75) is 135 Å². The molecule has 0 saturated carbocycles. The van der Waals surface area contributed by atoms with Crippen molar-refractivity contribution in [3.63, 3.8) is 0 Å². The van der Waals surface area contributed by atoms with Gasteiger partial charge in [0.15, 0.2) is 0 Å². The van der Waals surface area contributed by atoms with E-state index in [1.54, 1.807) is 0 Å². The molecule has 0 radical (unpaired) electrons. The van der Waals surface area contributed by atoms with Crippen LogP contribution in [0.25, 0.3) is 0 Å². The predicted molar refractivity (Wildman–Crippen MR) is 147 cm³/mol. The van der Waals surface area contributed by atoms with E-state index >= 15 is 0 Å². The standard InChI is InChI=1S/C26H53NS.HI/c1-2-3-4-5-6-7-8-9-10-11-12-13-14-15-16-20-25-28-26-21-19-24-27-22-17-18-23-27;/h2-26H2,1H3;1H. The summed E-state index contributed by atoms with van der Waals surface area (Å²) >= 11 is 2.20. The van der Waals surface area contributed by atoms with E-state index in [0.717, 1.165) is 0 Å². The van der Waals surface area contributed by atoms with E-state index in [1.807, 2.05) is 0 Å². The first-order valence-electron chi connectivity index (χ1n) is 13.2. The number of hydrogen-bond donors (Lipinski definition) is 0. The molecule has 1 aliphatic heterocycles. The van der Waals surface area contributed by atoms with Crippen molar-refractivity contribution in [1.82, 2.24) is 4.90 Å². The first-order chi connectivity index (χ1) is 13.9. The number of halogens is 1. The van der Waals surface area contributed by atoms with E-state index in [-0.39, 0.29) is 24.0 Å². The monoisotopic (exact) mass is 539 g/mol. The molecule has 1 heterocycles. The molecule has 0 unspecified atom stereocenters. The molecular formula is C26H54INS. The highest BCUT2D eigenvalue weighted by atomic mass is 127. The lowest BCUT2D eigenvalue weighted by Gasteiger charge is -2.13. The molecule has 0 aliphatic carbocycles. The highest BCUT2D eigenvalue weighted by molar-refractivity contribution is 14.0. The summed E-state index contributed by atoms with van der Waals surface area (Å²) in [5.74, 6) is 2.80. The molecule has 0 N–H and O–H groups in total. The molecule has 0 bridgehead atoms. The van der Waals surface area contributed by atoms with Crippen LogP contribution in [-0.2, 0) is 0 Å². The van der Waals surface area contributed by atoms with Crippen LogP contribution in [0.2, 0.25) is 0 Å². The summed E-state index contributed by atoms with van der Waals surface area (Å²) in [6.07, 6.45) is 29.3. The second-order valence-corrected chi connectivity index (χ2v) is 10.4. The van der Waals surface area contributed by atoms with Gasteiger partial charge in [-0.15, -0.1) is 24.0 Å². The zero-order valence-electron chi connectivity index (χ0n) is 19.9. The summed E-state index contributed by atoms with van der Waals surface area (Å²) in [6.45, 7) is 6.40. The molecule has 0 atom stereocenters. The van der Waals surface area contributed by atoms with Gasteiger partial charge in [-0.25, -0.2) is 0 Å². The Morgan fingerprint density at radius 3 is 1.34 bits per heavy atom. The molecule has 0 aromatic carbocycles. The average Bonchev–Trinajstić information content (AvgIpc) is 3.22. The lowest BCUT2D eigenvalue weighted by atomic mass is 10.0. The third kappa shape index (κ3) is 22.0. The van der Waals surface area contributed by atoms with E-state index < -0.39 is 0 Å². The van der Waals surface area contributed by atoms with E-state index in [0.29, 0.717) is 0 Å². The van der Waals surface area contributed by atoms with Crippen molar-refractivity contribution in [2.75, 3.05) is 31.1 Å². The largest absolute Gasteiger partial charge is 0.303 e. The van der Waals surface area contributed by atoms with Crippen molar-refractivity contribution in [1.29, 1.82) is 0 Å². The lowest BCUT2D eigenvalue weighted by molar-refractivity contribution is 0.333. The van der Waals surface area contributed by atoms with Gasteiger partial charge in [0.1, 0.15) is 0 Å². The molecule has 1 saturated heterocycles. The number of thioether (sulfide) groups is 1. The first kappa shape index (κ1) is 30.0. The Morgan fingerprint density at radius 2 is 0.897 bits per heavy atom. The summed E-state index contributed by atoms with van der Waals surface area (Å²) in [4.78, 5) is 2.65. The normalized spacial score (nSPS) is 14.4. The van der Waals surface area contributed by atoms with Crippen LogP contribution in [0.4, 0.5) is 0 Å². The number of hydrogen-bond acceptors (Lipinski definition) is 2. The molecule has 1 rings (SSSR count). The summed E-state index contributed by atoms with van der Waals surface area (Å²) in [7, 11) is 0. The van der Waals surface area contributed by atoms with E-state index in [4.69, 9.17) is 0 Å². The molecule has 176 valence electrons. The fourth-order valence-electron chi connectivity index (χ4n) is 4.40. The highest BCUT2D eigenvalue weighted by Crippen LogP contribution is 2.15. The van der Waals surface area contributed by atoms with E-state index in [9.17, 15) is 0 Å². The van der Waals surface area contributed by atoms with Crippen LogP contribution in [0.15, 0.2) is 0 Å². The average molecular weight is 540 g/mol. The Morgan fingerprint density at radius 1 is 0.517 bits per heavy atom. The molecule has 1 nitrogen and oxygen atoms in total. The minimum Gasteiger partial charge on any atom is -0.303 e. The van der Waals surface area contributed by atoms with Gasteiger partial charge in [-0.3, -0.25) is 0 Å². The molecule has 0 amide bonds. The Bertz CT molecular complexity index is 294. The van der Waals surface area contributed by atoms with Crippen molar-refractivity contribution in [3.05, 3.63) is 0 Å². The van der Waals surface area contributed by atoms with Gasteiger partial charge in [0.2, 0.25) is 0 Å². The Balaban J connectivity index is 0.00000784. The highest BCUT2D eigenvalue weighted by Gasteiger charge is 2.09. The van der Waals surface area contributed by atoms with Crippen LogP contribution < -0.4 is 0 Å². The summed E-state index contributed by atoms with van der Waals surface area (Å²) in [5, 5.41) is 0. The quantitative estimate of drug-likeness (QED) is 0.0996. The van der Waals surface area contributed by atoms with Crippen molar-refractivity contribution in [2.24, 2.45) is 0 Å². The van der Waals surface area contributed by atoms with Gasteiger partial charge in [0, 0.05) is 0 Å². The second kappa shape index (κ2) is 25.3. The van der Waals surface area contributed by atoms with Crippen LogP contribution in [0.3, 0.4) is 0 Å². The molecule has 1 aliphatic rings.